The summed E-state index contributed by atoms with van der Waals surface area (Å²) in [4.78, 5) is 23.8. The zero-order valence-corrected chi connectivity index (χ0v) is 19.5. The van der Waals surface area contributed by atoms with Gasteiger partial charge in [-0.25, -0.2) is 13.4 Å². The lowest BCUT2D eigenvalue weighted by molar-refractivity contribution is 0.0702. The van der Waals surface area contributed by atoms with E-state index in [1.165, 1.54) is 21.7 Å². The molecule has 1 aromatic carbocycles. The molecule has 1 saturated heterocycles. The quantitative estimate of drug-likeness (QED) is 0.556. The van der Waals surface area contributed by atoms with Crippen LogP contribution in [0.15, 0.2) is 54.2 Å². The number of carbonyl (C=O) groups excluding carboxylic acids is 1. The molecule has 1 aliphatic rings. The van der Waals surface area contributed by atoms with Crippen LogP contribution < -0.4 is 0 Å². The van der Waals surface area contributed by atoms with Gasteiger partial charge in [0.2, 0.25) is 10.0 Å². The number of sulfonamides is 1. The average molecular weight is 480 g/mol. The Balaban J connectivity index is 1.41. The fourth-order valence-electron chi connectivity index (χ4n) is 3.46. The maximum Gasteiger partial charge on any atom is 0.265 e. The van der Waals surface area contributed by atoms with Gasteiger partial charge >= 0.3 is 0 Å². The molecule has 0 unspecified atom stereocenters. The number of benzene rings is 1. The van der Waals surface area contributed by atoms with Gasteiger partial charge in [-0.05, 0) is 42.8 Å². The first kappa shape index (κ1) is 22.8. The summed E-state index contributed by atoms with van der Waals surface area (Å²) in [7, 11) is -3.64. The van der Waals surface area contributed by atoms with E-state index in [1.54, 1.807) is 48.5 Å². The van der Waals surface area contributed by atoms with Crippen molar-refractivity contribution >= 4 is 33.3 Å². The van der Waals surface area contributed by atoms with Gasteiger partial charge in [-0.2, -0.15) is 9.57 Å². The Labute approximate surface area is 196 Å². The van der Waals surface area contributed by atoms with Crippen molar-refractivity contribution < 1.29 is 13.2 Å². The largest absolute Gasteiger partial charge is 0.335 e. The van der Waals surface area contributed by atoms with E-state index in [9.17, 15) is 13.2 Å². The second kappa shape index (κ2) is 9.62. The van der Waals surface area contributed by atoms with Crippen LogP contribution in [0.25, 0.3) is 16.6 Å². The Morgan fingerprint density at radius 1 is 1.15 bits per heavy atom. The number of hydrogen-bond donors (Lipinski definition) is 0. The number of pyridine rings is 1. The van der Waals surface area contributed by atoms with Crippen LogP contribution in [-0.4, -0.2) is 59.7 Å². The number of thiazole rings is 1. The number of hydrogen-bond acceptors (Lipinski definition) is 7. The van der Waals surface area contributed by atoms with E-state index in [-0.39, 0.29) is 19.0 Å². The summed E-state index contributed by atoms with van der Waals surface area (Å²) >= 11 is 1.33. The molecule has 4 rings (SSSR count). The highest BCUT2D eigenvalue weighted by atomic mass is 32.2. The standard InChI is InChI=1S/C23H21N5O3S2/c1-17-21(32-22(26-17)20-5-8-25-9-6-20)23(29)27-10-12-28(13-11-27)33(30,31)14-7-18-3-2-4-19(15-18)16-24/h2-9,14-15H,10-13H2,1H3. The van der Waals surface area contributed by atoms with E-state index in [0.29, 0.717) is 34.8 Å². The van der Waals surface area contributed by atoms with Gasteiger partial charge in [0.1, 0.15) is 9.88 Å². The van der Waals surface area contributed by atoms with Gasteiger partial charge in [0, 0.05) is 49.5 Å². The Bertz CT molecular complexity index is 1340. The molecule has 10 heteroatoms. The van der Waals surface area contributed by atoms with E-state index in [2.05, 4.69) is 9.97 Å². The molecule has 0 spiro atoms. The first-order valence-electron chi connectivity index (χ1n) is 10.2. The van der Waals surface area contributed by atoms with Crippen LogP contribution >= 0.6 is 11.3 Å². The normalized spacial score (nSPS) is 15.0. The lowest BCUT2D eigenvalue weighted by Gasteiger charge is -2.33. The highest BCUT2D eigenvalue weighted by molar-refractivity contribution is 7.92. The number of aromatic nitrogens is 2. The Kier molecular flexibility index (Phi) is 6.65. The van der Waals surface area contributed by atoms with Crippen molar-refractivity contribution in [3.63, 3.8) is 0 Å². The molecule has 0 atom stereocenters. The van der Waals surface area contributed by atoms with Crippen LogP contribution in [0.1, 0.15) is 26.5 Å². The summed E-state index contributed by atoms with van der Waals surface area (Å²) < 4.78 is 26.8. The number of amides is 1. The van der Waals surface area contributed by atoms with Crippen molar-refractivity contribution in [3.8, 4) is 16.6 Å². The van der Waals surface area contributed by atoms with Crippen LogP contribution in [0.2, 0.25) is 0 Å². The maximum atomic E-state index is 13.1. The predicted molar refractivity (Wildman–Crippen MR) is 127 cm³/mol. The van der Waals surface area contributed by atoms with E-state index in [0.717, 1.165) is 16.0 Å². The van der Waals surface area contributed by atoms with Gasteiger partial charge in [0.05, 0.1) is 17.3 Å². The number of piperazine rings is 1. The zero-order valence-electron chi connectivity index (χ0n) is 17.9. The molecule has 168 valence electrons. The number of rotatable bonds is 5. The second-order valence-electron chi connectivity index (χ2n) is 7.45. The third kappa shape index (κ3) is 5.17. The molecule has 3 aromatic rings. The summed E-state index contributed by atoms with van der Waals surface area (Å²) in [5.74, 6) is -0.133. The third-order valence-electron chi connectivity index (χ3n) is 5.25. The molecule has 0 saturated carbocycles. The first-order valence-corrected chi connectivity index (χ1v) is 12.5. The van der Waals surface area contributed by atoms with E-state index < -0.39 is 10.0 Å². The van der Waals surface area contributed by atoms with Gasteiger partial charge < -0.3 is 4.90 Å². The molecule has 1 aliphatic heterocycles. The topological polar surface area (TPSA) is 107 Å². The highest BCUT2D eigenvalue weighted by Crippen LogP contribution is 2.28. The smallest absolute Gasteiger partial charge is 0.265 e. The lowest BCUT2D eigenvalue weighted by atomic mass is 10.1. The lowest BCUT2D eigenvalue weighted by Crippen LogP contribution is -2.50. The summed E-state index contributed by atoms with van der Waals surface area (Å²) in [6, 6.07) is 12.5. The summed E-state index contributed by atoms with van der Waals surface area (Å²) in [5.41, 5.74) is 2.67. The molecule has 3 heterocycles. The zero-order chi connectivity index (χ0) is 23.4. The van der Waals surface area contributed by atoms with Crippen molar-refractivity contribution in [2.75, 3.05) is 26.2 Å². The minimum absolute atomic E-state index is 0.133. The monoisotopic (exact) mass is 479 g/mol. The van der Waals surface area contributed by atoms with E-state index >= 15 is 0 Å². The molecule has 0 aliphatic carbocycles. The van der Waals surface area contributed by atoms with Crippen molar-refractivity contribution in [2.45, 2.75) is 6.92 Å². The molecule has 33 heavy (non-hydrogen) atoms. The Morgan fingerprint density at radius 3 is 2.58 bits per heavy atom. The molecule has 0 bridgehead atoms. The molecule has 1 amide bonds. The van der Waals surface area contributed by atoms with E-state index in [1.807, 2.05) is 18.2 Å². The average Bonchev–Trinajstić information content (AvgIpc) is 3.24. The van der Waals surface area contributed by atoms with Gasteiger partial charge in [-0.3, -0.25) is 9.78 Å². The van der Waals surface area contributed by atoms with Gasteiger partial charge in [0.25, 0.3) is 5.91 Å². The Hall–Kier alpha value is -3.39. The fourth-order valence-corrected chi connectivity index (χ4v) is 5.68. The SMILES string of the molecule is Cc1nc(-c2ccncc2)sc1C(=O)N1CCN(S(=O)(=O)C=Cc2cccc(C#N)c2)CC1. The molecule has 2 aromatic heterocycles. The van der Waals surface area contributed by atoms with Crippen LogP contribution in [-0.2, 0) is 10.0 Å². The van der Waals surface area contributed by atoms with Crippen molar-refractivity contribution in [1.29, 1.82) is 5.26 Å². The summed E-state index contributed by atoms with van der Waals surface area (Å²) in [6.07, 6.45) is 4.85. The van der Waals surface area contributed by atoms with Gasteiger partial charge in [-0.15, -0.1) is 11.3 Å². The predicted octanol–water partition coefficient (Wildman–Crippen LogP) is 3.14. The van der Waals surface area contributed by atoms with Crippen LogP contribution in [0.4, 0.5) is 0 Å². The number of nitriles is 1. The summed E-state index contributed by atoms with van der Waals surface area (Å²) in [6.45, 7) is 2.84. The third-order valence-corrected chi connectivity index (χ3v) is 8.01. The minimum atomic E-state index is -3.64. The number of aryl methyl sites for hydroxylation is 1. The van der Waals surface area contributed by atoms with Gasteiger partial charge in [-0.1, -0.05) is 12.1 Å². The molecular formula is C23H21N5O3S2. The van der Waals surface area contributed by atoms with Crippen molar-refractivity contribution in [3.05, 3.63) is 75.9 Å². The van der Waals surface area contributed by atoms with Crippen LogP contribution in [0.5, 0.6) is 0 Å². The molecule has 1 fully saturated rings. The fraction of sp³-hybridized carbons (Fsp3) is 0.217. The molecular weight excluding hydrogens is 458 g/mol. The first-order chi connectivity index (χ1) is 15.9. The van der Waals surface area contributed by atoms with Crippen molar-refractivity contribution in [2.24, 2.45) is 0 Å². The number of nitrogens with zero attached hydrogens (tertiary/aromatic N) is 5. The second-order valence-corrected chi connectivity index (χ2v) is 10.3. The van der Waals surface area contributed by atoms with Crippen molar-refractivity contribution in [1.82, 2.24) is 19.2 Å². The minimum Gasteiger partial charge on any atom is -0.335 e. The molecule has 8 nitrogen and oxygen atoms in total. The van der Waals surface area contributed by atoms with Crippen LogP contribution in [0, 0.1) is 18.3 Å². The van der Waals surface area contributed by atoms with Gasteiger partial charge in [0.15, 0.2) is 0 Å². The van der Waals surface area contributed by atoms with Crippen LogP contribution in [0.3, 0.4) is 0 Å². The maximum absolute atomic E-state index is 13.1. The summed E-state index contributed by atoms with van der Waals surface area (Å²) in [5, 5.41) is 10.9. The molecule has 0 N–H and O–H groups in total. The highest BCUT2D eigenvalue weighted by Gasteiger charge is 2.29. The van der Waals surface area contributed by atoms with E-state index in [4.69, 9.17) is 5.26 Å². The Morgan fingerprint density at radius 2 is 1.88 bits per heavy atom. The number of carbonyl (C=O) groups is 1. The molecule has 0 radical (unpaired) electrons.